The van der Waals surface area contributed by atoms with Gasteiger partial charge in [-0.25, -0.2) is 4.98 Å². The van der Waals surface area contributed by atoms with E-state index in [0.717, 1.165) is 35.9 Å². The molecule has 0 saturated carbocycles. The minimum Gasteiger partial charge on any atom is -0.389 e. The van der Waals surface area contributed by atoms with Gasteiger partial charge in [0.2, 0.25) is 0 Å². The monoisotopic (exact) mass is 281 g/mol. The number of nitrogens with zero attached hydrogens (tertiary/aromatic N) is 2. The summed E-state index contributed by atoms with van der Waals surface area (Å²) in [6.07, 6.45) is 1.19. The Kier molecular flexibility index (Phi) is 4.45. The Morgan fingerprint density at radius 1 is 1.61 bits per heavy atom. The molecule has 1 aromatic rings. The number of pyridine rings is 1. The highest BCUT2D eigenvalue weighted by Crippen LogP contribution is 2.27. The van der Waals surface area contributed by atoms with Crippen molar-refractivity contribution >= 4 is 34.8 Å². The van der Waals surface area contributed by atoms with E-state index in [-0.39, 0.29) is 0 Å². The second-order valence-electron chi connectivity index (χ2n) is 4.54. The van der Waals surface area contributed by atoms with Crippen LogP contribution in [0.5, 0.6) is 0 Å². The van der Waals surface area contributed by atoms with E-state index >= 15 is 0 Å². The molecule has 2 N–H and O–H groups in total. The van der Waals surface area contributed by atoms with E-state index in [9.17, 15) is 0 Å². The van der Waals surface area contributed by atoms with E-state index in [1.165, 1.54) is 6.42 Å². The normalized spacial score (nSPS) is 19.9. The predicted octanol–water partition coefficient (Wildman–Crippen LogP) is 2.36. The average molecular weight is 281 g/mol. The number of rotatable bonds is 3. The van der Waals surface area contributed by atoms with Crippen molar-refractivity contribution in [3.63, 3.8) is 0 Å². The van der Waals surface area contributed by atoms with E-state index in [1.807, 2.05) is 30.8 Å². The molecule has 0 spiro atoms. The van der Waals surface area contributed by atoms with Crippen LogP contribution in [0.25, 0.3) is 0 Å². The van der Waals surface area contributed by atoms with Gasteiger partial charge >= 0.3 is 0 Å². The summed E-state index contributed by atoms with van der Waals surface area (Å²) < 4.78 is 0. The Bertz CT molecular complexity index is 448. The number of hydrogen-bond acceptors (Lipinski definition) is 4. The molecule has 1 aromatic heterocycles. The molecule has 1 aliphatic rings. The lowest BCUT2D eigenvalue weighted by Crippen LogP contribution is -2.39. The standard InChI is InChI=1S/C13H19N3S2/c1-3-10-8-16(6-7-18-10)13-11(12(14)17)5-4-9(2)15-13/h4-5,10H,3,6-8H2,1-2H3,(H2,14,17). The molecule has 0 aromatic carbocycles. The lowest BCUT2D eigenvalue weighted by Gasteiger charge is -2.34. The molecule has 5 heteroatoms. The number of anilines is 1. The van der Waals surface area contributed by atoms with Crippen molar-refractivity contribution in [3.05, 3.63) is 23.4 Å². The molecule has 1 aliphatic heterocycles. The molecule has 0 aliphatic carbocycles. The molecule has 1 fully saturated rings. The highest BCUT2D eigenvalue weighted by Gasteiger charge is 2.22. The van der Waals surface area contributed by atoms with Crippen molar-refractivity contribution in [2.45, 2.75) is 25.5 Å². The summed E-state index contributed by atoms with van der Waals surface area (Å²) in [5.41, 5.74) is 7.71. The first-order valence-electron chi connectivity index (χ1n) is 6.25. The zero-order valence-corrected chi connectivity index (χ0v) is 12.5. The van der Waals surface area contributed by atoms with Gasteiger partial charge in [0, 0.05) is 29.8 Å². The van der Waals surface area contributed by atoms with Crippen molar-refractivity contribution in [1.82, 2.24) is 4.98 Å². The Balaban J connectivity index is 2.31. The fraction of sp³-hybridized carbons (Fsp3) is 0.538. The molecule has 1 saturated heterocycles. The van der Waals surface area contributed by atoms with Gasteiger partial charge in [-0.2, -0.15) is 11.8 Å². The molecule has 2 rings (SSSR count). The fourth-order valence-corrected chi connectivity index (χ4v) is 3.47. The van der Waals surface area contributed by atoms with Crippen molar-refractivity contribution in [2.24, 2.45) is 5.73 Å². The molecule has 0 radical (unpaired) electrons. The van der Waals surface area contributed by atoms with Crippen molar-refractivity contribution < 1.29 is 0 Å². The topological polar surface area (TPSA) is 42.2 Å². The van der Waals surface area contributed by atoms with E-state index in [4.69, 9.17) is 18.0 Å². The summed E-state index contributed by atoms with van der Waals surface area (Å²) in [4.78, 5) is 7.40. The van der Waals surface area contributed by atoms with Crippen LogP contribution in [-0.4, -0.2) is 34.1 Å². The van der Waals surface area contributed by atoms with Crippen molar-refractivity contribution in [3.8, 4) is 0 Å². The van der Waals surface area contributed by atoms with Crippen LogP contribution in [-0.2, 0) is 0 Å². The first-order chi connectivity index (χ1) is 8.61. The molecular formula is C13H19N3S2. The SMILES string of the molecule is CCC1CN(c2nc(C)ccc2C(N)=S)CCS1. The third-order valence-electron chi connectivity index (χ3n) is 3.17. The van der Waals surface area contributed by atoms with Gasteiger partial charge in [-0.1, -0.05) is 19.1 Å². The Morgan fingerprint density at radius 3 is 3.06 bits per heavy atom. The van der Waals surface area contributed by atoms with Crippen LogP contribution in [0.15, 0.2) is 12.1 Å². The highest BCUT2D eigenvalue weighted by molar-refractivity contribution is 8.00. The first-order valence-corrected chi connectivity index (χ1v) is 7.71. The van der Waals surface area contributed by atoms with E-state index < -0.39 is 0 Å². The van der Waals surface area contributed by atoms with E-state index in [2.05, 4.69) is 16.8 Å². The molecule has 2 heterocycles. The molecule has 1 unspecified atom stereocenters. The number of thioether (sulfide) groups is 1. The zero-order valence-electron chi connectivity index (χ0n) is 10.8. The van der Waals surface area contributed by atoms with Crippen LogP contribution >= 0.6 is 24.0 Å². The van der Waals surface area contributed by atoms with Gasteiger partial charge in [-0.3, -0.25) is 0 Å². The van der Waals surface area contributed by atoms with Crippen LogP contribution < -0.4 is 10.6 Å². The first kappa shape index (κ1) is 13.6. The smallest absolute Gasteiger partial charge is 0.139 e. The minimum atomic E-state index is 0.434. The largest absolute Gasteiger partial charge is 0.389 e. The average Bonchev–Trinajstić information content (AvgIpc) is 2.38. The summed E-state index contributed by atoms with van der Waals surface area (Å²) >= 11 is 7.17. The molecule has 1 atom stereocenters. The fourth-order valence-electron chi connectivity index (χ4n) is 2.14. The van der Waals surface area contributed by atoms with Crippen LogP contribution in [0, 0.1) is 6.92 Å². The van der Waals surface area contributed by atoms with Gasteiger partial charge < -0.3 is 10.6 Å². The molecular weight excluding hydrogens is 262 g/mol. The number of aryl methyl sites for hydroxylation is 1. The number of thiocarbonyl (C=S) groups is 1. The van der Waals surface area contributed by atoms with E-state index in [1.54, 1.807) is 0 Å². The second-order valence-corrected chi connectivity index (χ2v) is 6.38. The van der Waals surface area contributed by atoms with E-state index in [0.29, 0.717) is 10.2 Å². The third kappa shape index (κ3) is 2.95. The number of aromatic nitrogens is 1. The maximum absolute atomic E-state index is 5.80. The molecule has 98 valence electrons. The van der Waals surface area contributed by atoms with Crippen molar-refractivity contribution in [1.29, 1.82) is 0 Å². The number of nitrogens with two attached hydrogens (primary N) is 1. The van der Waals surface area contributed by atoms with Gasteiger partial charge in [0.1, 0.15) is 10.8 Å². The highest BCUT2D eigenvalue weighted by atomic mass is 32.2. The van der Waals surface area contributed by atoms with Gasteiger partial charge in [0.05, 0.1) is 5.56 Å². The molecule has 0 bridgehead atoms. The Labute approximate surface area is 118 Å². The summed E-state index contributed by atoms with van der Waals surface area (Å²) in [5.74, 6) is 2.10. The zero-order chi connectivity index (χ0) is 13.1. The maximum Gasteiger partial charge on any atom is 0.139 e. The minimum absolute atomic E-state index is 0.434. The summed E-state index contributed by atoms with van der Waals surface area (Å²) in [7, 11) is 0. The van der Waals surface area contributed by atoms with Gasteiger partial charge in [-0.15, -0.1) is 0 Å². The lowest BCUT2D eigenvalue weighted by molar-refractivity contribution is 0.718. The Morgan fingerprint density at radius 2 is 2.39 bits per heavy atom. The van der Waals surface area contributed by atoms with Gasteiger partial charge in [0.25, 0.3) is 0 Å². The summed E-state index contributed by atoms with van der Waals surface area (Å²) in [6, 6.07) is 3.96. The predicted molar refractivity (Wildman–Crippen MR) is 83.6 cm³/mol. The molecule has 3 nitrogen and oxygen atoms in total. The van der Waals surface area contributed by atoms with Crippen LogP contribution in [0.3, 0.4) is 0 Å². The summed E-state index contributed by atoms with van der Waals surface area (Å²) in [5, 5.41) is 0.681. The van der Waals surface area contributed by atoms with Gasteiger partial charge in [0.15, 0.2) is 0 Å². The summed E-state index contributed by atoms with van der Waals surface area (Å²) in [6.45, 7) is 6.29. The lowest BCUT2D eigenvalue weighted by atomic mass is 10.2. The van der Waals surface area contributed by atoms with Crippen LogP contribution in [0.2, 0.25) is 0 Å². The quantitative estimate of drug-likeness (QED) is 0.862. The van der Waals surface area contributed by atoms with Crippen molar-refractivity contribution in [2.75, 3.05) is 23.7 Å². The maximum atomic E-state index is 5.80. The second kappa shape index (κ2) is 5.89. The van der Waals surface area contributed by atoms with Gasteiger partial charge in [-0.05, 0) is 25.5 Å². The van der Waals surface area contributed by atoms with Crippen LogP contribution in [0.4, 0.5) is 5.82 Å². The number of hydrogen-bond donors (Lipinski definition) is 1. The van der Waals surface area contributed by atoms with Crippen LogP contribution in [0.1, 0.15) is 24.6 Å². The molecule has 0 amide bonds. The third-order valence-corrected chi connectivity index (χ3v) is 4.77. The molecule has 18 heavy (non-hydrogen) atoms. The Hall–Kier alpha value is -0.810.